The van der Waals surface area contributed by atoms with Crippen LogP contribution in [0.15, 0.2) is 36.8 Å². The highest BCUT2D eigenvalue weighted by molar-refractivity contribution is 5.64. The number of hydrogen-bond donors (Lipinski definition) is 0. The van der Waals surface area contributed by atoms with Gasteiger partial charge in [0.25, 0.3) is 0 Å². The van der Waals surface area contributed by atoms with E-state index in [2.05, 4.69) is 67.4 Å². The van der Waals surface area contributed by atoms with E-state index >= 15 is 0 Å². The van der Waals surface area contributed by atoms with E-state index in [0.717, 1.165) is 6.54 Å². The maximum atomic E-state index is 2.57. The number of nitrogens with zero attached hydrogens (tertiary/aromatic N) is 2. The molecule has 0 radical (unpaired) electrons. The molecule has 1 aliphatic heterocycles. The molecule has 1 saturated carbocycles. The lowest BCUT2D eigenvalue weighted by atomic mass is 10.0. The normalized spacial score (nSPS) is 20.1. The Labute approximate surface area is 154 Å². The number of benzene rings is 1. The van der Waals surface area contributed by atoms with E-state index < -0.39 is 0 Å². The third kappa shape index (κ3) is 4.68. The minimum Gasteiger partial charge on any atom is -0.369 e. The highest BCUT2D eigenvalue weighted by Crippen LogP contribution is 2.29. The second kappa shape index (κ2) is 8.60. The van der Waals surface area contributed by atoms with Crippen LogP contribution in [0.5, 0.6) is 0 Å². The van der Waals surface area contributed by atoms with E-state index in [1.807, 2.05) is 0 Å². The lowest BCUT2D eigenvalue weighted by Gasteiger charge is -2.29. The first-order valence-electron chi connectivity index (χ1n) is 10.1. The molecular weight excluding hydrogens is 304 g/mol. The van der Waals surface area contributed by atoms with Crippen LogP contribution in [0.1, 0.15) is 68.1 Å². The molecule has 1 heterocycles. The van der Waals surface area contributed by atoms with Crippen LogP contribution in [0.25, 0.3) is 0 Å². The van der Waals surface area contributed by atoms with Crippen LogP contribution < -0.4 is 4.90 Å². The summed E-state index contributed by atoms with van der Waals surface area (Å²) in [4.78, 5) is 4.87. The molecule has 0 unspecified atom stereocenters. The van der Waals surface area contributed by atoms with Gasteiger partial charge in [-0.05, 0) is 50.8 Å². The summed E-state index contributed by atoms with van der Waals surface area (Å²) in [5, 5.41) is 0. The Morgan fingerprint density at radius 1 is 0.760 bits per heavy atom. The molecule has 2 aliphatic rings. The van der Waals surface area contributed by atoms with Crippen molar-refractivity contribution in [2.45, 2.75) is 78.2 Å². The first kappa shape index (κ1) is 18.1. The molecule has 1 aromatic rings. The maximum Gasteiger partial charge on any atom is 0.0508 e. The molecule has 1 fully saturated rings. The Bertz CT molecular complexity index is 596. The predicted octanol–water partition coefficient (Wildman–Crippen LogP) is 6.22. The van der Waals surface area contributed by atoms with Crippen molar-refractivity contribution in [1.29, 1.82) is 0 Å². The summed E-state index contributed by atoms with van der Waals surface area (Å²) in [6.45, 7) is 7.65. The van der Waals surface area contributed by atoms with Gasteiger partial charge < -0.3 is 9.80 Å². The average molecular weight is 339 g/mol. The van der Waals surface area contributed by atoms with E-state index in [0.29, 0.717) is 6.04 Å². The van der Waals surface area contributed by atoms with Gasteiger partial charge in [0.1, 0.15) is 0 Å². The molecule has 2 nitrogen and oxygen atoms in total. The molecule has 136 valence electrons. The zero-order chi connectivity index (χ0) is 17.6. The van der Waals surface area contributed by atoms with Gasteiger partial charge in [-0.3, -0.25) is 0 Å². The van der Waals surface area contributed by atoms with Crippen molar-refractivity contribution in [2.24, 2.45) is 0 Å². The van der Waals surface area contributed by atoms with Gasteiger partial charge in [0.05, 0.1) is 5.69 Å². The minimum absolute atomic E-state index is 0.708. The van der Waals surface area contributed by atoms with E-state index in [-0.39, 0.29) is 0 Å². The predicted molar refractivity (Wildman–Crippen MR) is 109 cm³/mol. The monoisotopic (exact) mass is 338 g/mol. The topological polar surface area (TPSA) is 6.48 Å². The lowest BCUT2D eigenvalue weighted by molar-refractivity contribution is 0.264. The second-order valence-corrected chi connectivity index (χ2v) is 7.89. The molecule has 0 N–H and O–H groups in total. The van der Waals surface area contributed by atoms with E-state index in [1.165, 1.54) is 73.7 Å². The molecule has 1 aliphatic carbocycles. The van der Waals surface area contributed by atoms with Gasteiger partial charge in [0.2, 0.25) is 0 Å². The fourth-order valence-corrected chi connectivity index (χ4v) is 4.49. The molecule has 0 aromatic heterocycles. The summed E-state index contributed by atoms with van der Waals surface area (Å²) in [6, 6.07) is 5.27. The average Bonchev–Trinajstić information content (AvgIpc) is 2.71. The van der Waals surface area contributed by atoms with E-state index in [4.69, 9.17) is 0 Å². The van der Waals surface area contributed by atoms with Crippen LogP contribution in [0.2, 0.25) is 0 Å². The third-order valence-electron chi connectivity index (χ3n) is 5.69. The summed E-state index contributed by atoms with van der Waals surface area (Å²) in [5.41, 5.74) is 5.37. The van der Waals surface area contributed by atoms with Crippen molar-refractivity contribution in [1.82, 2.24) is 4.90 Å². The highest BCUT2D eigenvalue weighted by Gasteiger charge is 2.18. The Kier molecular flexibility index (Phi) is 6.23. The molecule has 2 heteroatoms. The van der Waals surface area contributed by atoms with Crippen molar-refractivity contribution in [2.75, 3.05) is 11.4 Å². The van der Waals surface area contributed by atoms with Crippen molar-refractivity contribution in [3.8, 4) is 0 Å². The van der Waals surface area contributed by atoms with Crippen molar-refractivity contribution in [3.63, 3.8) is 0 Å². The Hall–Kier alpha value is -1.70. The molecule has 0 saturated heterocycles. The zero-order valence-electron chi connectivity index (χ0n) is 16.3. The van der Waals surface area contributed by atoms with Crippen LogP contribution in [0.3, 0.4) is 0 Å². The Morgan fingerprint density at radius 2 is 1.36 bits per heavy atom. The first-order chi connectivity index (χ1) is 12.1. The van der Waals surface area contributed by atoms with Gasteiger partial charge in [-0.15, -0.1) is 0 Å². The van der Waals surface area contributed by atoms with Crippen LogP contribution in [0.4, 0.5) is 5.69 Å². The number of rotatable bonds is 2. The number of anilines is 1. The van der Waals surface area contributed by atoms with Gasteiger partial charge in [-0.2, -0.15) is 0 Å². The van der Waals surface area contributed by atoms with Crippen LogP contribution in [0, 0.1) is 20.8 Å². The van der Waals surface area contributed by atoms with Crippen LogP contribution in [-0.4, -0.2) is 17.5 Å². The first-order valence-corrected chi connectivity index (χ1v) is 10.1. The quantitative estimate of drug-likeness (QED) is 0.631. The summed E-state index contributed by atoms with van der Waals surface area (Å²) in [6.07, 6.45) is 20.3. The van der Waals surface area contributed by atoms with E-state index in [1.54, 1.807) is 0 Å². The molecule has 25 heavy (non-hydrogen) atoms. The minimum atomic E-state index is 0.708. The van der Waals surface area contributed by atoms with Gasteiger partial charge in [-0.25, -0.2) is 0 Å². The Balaban J connectivity index is 1.76. The van der Waals surface area contributed by atoms with Crippen molar-refractivity contribution in [3.05, 3.63) is 53.5 Å². The molecule has 0 amide bonds. The smallest absolute Gasteiger partial charge is 0.0508 e. The Morgan fingerprint density at radius 3 is 2.00 bits per heavy atom. The van der Waals surface area contributed by atoms with E-state index in [9.17, 15) is 0 Å². The molecule has 0 spiro atoms. The molecule has 1 aromatic carbocycles. The lowest BCUT2D eigenvalue weighted by Crippen LogP contribution is -2.30. The summed E-state index contributed by atoms with van der Waals surface area (Å²) in [7, 11) is 0. The summed E-state index contributed by atoms with van der Waals surface area (Å²) in [5.74, 6) is 0. The number of aryl methyl sites for hydroxylation is 3. The molecule has 3 rings (SSSR count). The highest BCUT2D eigenvalue weighted by atomic mass is 15.2. The van der Waals surface area contributed by atoms with Gasteiger partial charge in [-0.1, -0.05) is 56.2 Å². The zero-order valence-corrected chi connectivity index (χ0v) is 16.3. The molecule has 0 bridgehead atoms. The van der Waals surface area contributed by atoms with Gasteiger partial charge >= 0.3 is 0 Å². The second-order valence-electron chi connectivity index (χ2n) is 7.89. The SMILES string of the molecule is Cc1cc(C)c(N2C=CCN(C3CCCCCCCC3)C=C2)c(C)c1. The summed E-state index contributed by atoms with van der Waals surface area (Å²) < 4.78 is 0. The van der Waals surface area contributed by atoms with Crippen LogP contribution >= 0.6 is 0 Å². The number of hydrogen-bond acceptors (Lipinski definition) is 2. The van der Waals surface area contributed by atoms with Crippen LogP contribution in [-0.2, 0) is 0 Å². The fourth-order valence-electron chi connectivity index (χ4n) is 4.49. The van der Waals surface area contributed by atoms with Gasteiger partial charge in [0, 0.05) is 31.2 Å². The standard InChI is InChI=1S/C23H34N2/c1-19-17-20(2)23(21(3)18-19)25-14-10-13-24(15-16-25)22-11-8-6-4-5-7-9-12-22/h10,14-18,22H,4-9,11-13H2,1-3H3. The summed E-state index contributed by atoms with van der Waals surface area (Å²) >= 11 is 0. The third-order valence-corrected chi connectivity index (χ3v) is 5.69. The maximum absolute atomic E-state index is 2.57. The molecular formula is C23H34N2. The van der Waals surface area contributed by atoms with Crippen molar-refractivity contribution >= 4 is 5.69 Å². The fraction of sp³-hybridized carbons (Fsp3) is 0.565. The largest absolute Gasteiger partial charge is 0.369 e. The molecule has 0 atom stereocenters. The van der Waals surface area contributed by atoms with Crippen molar-refractivity contribution < 1.29 is 0 Å². The van der Waals surface area contributed by atoms with Gasteiger partial charge in [0.15, 0.2) is 0 Å².